The Morgan fingerprint density at radius 3 is 2.33 bits per heavy atom. The van der Waals surface area contributed by atoms with Gasteiger partial charge in [0.1, 0.15) is 36.6 Å². The minimum atomic E-state index is -2.06. The SMILES string of the molecule is CCCC(=O)N(C(O)OC[C@H]1OC(O)C[C@@H](O)[C@@H]1O)[C@H]1C(O)O[C@H](CO)[C@@H](O)[C@@H]1O. The molecule has 2 fully saturated rings. The summed E-state index contributed by atoms with van der Waals surface area (Å²) in [5.41, 5.74) is 0. The van der Waals surface area contributed by atoms with Crippen molar-refractivity contribution in [1.29, 1.82) is 0 Å². The molecule has 8 N–H and O–H groups in total. The Morgan fingerprint density at radius 1 is 1.07 bits per heavy atom. The van der Waals surface area contributed by atoms with E-state index >= 15 is 0 Å². The topological polar surface area (TPSA) is 210 Å². The van der Waals surface area contributed by atoms with Crippen LogP contribution in [-0.2, 0) is 19.0 Å². The van der Waals surface area contributed by atoms with Gasteiger partial charge >= 0.3 is 0 Å². The van der Waals surface area contributed by atoms with Gasteiger partial charge in [-0.05, 0) is 6.42 Å². The lowest BCUT2D eigenvalue weighted by atomic mass is 9.95. The van der Waals surface area contributed by atoms with Crippen LogP contribution >= 0.6 is 0 Å². The van der Waals surface area contributed by atoms with Gasteiger partial charge in [0.25, 0.3) is 0 Å². The van der Waals surface area contributed by atoms with Crippen molar-refractivity contribution in [3.63, 3.8) is 0 Å². The van der Waals surface area contributed by atoms with Gasteiger partial charge in [-0.1, -0.05) is 6.92 Å². The maximum atomic E-state index is 12.6. The number of amides is 1. The van der Waals surface area contributed by atoms with E-state index in [1.807, 2.05) is 0 Å². The molecule has 1 amide bonds. The maximum Gasteiger partial charge on any atom is 0.240 e. The standard InChI is InChI=1S/C17H31NO12/c1-2-3-10(21)18(12-15(25)14(24)8(5-19)30-16(12)26)17(27)28-6-9-13(23)7(20)4-11(22)29-9/h7-9,11-17,19-20,22-27H,2-6H2,1H3/t7-,8-,9-,11?,12-,13+,14-,15-,16?,17?/m1/s1. The van der Waals surface area contributed by atoms with Gasteiger partial charge in [0.2, 0.25) is 12.3 Å². The Hall–Kier alpha value is -0.970. The number of nitrogens with zero attached hydrogens (tertiary/aromatic N) is 1. The molecule has 13 heteroatoms. The molecule has 0 aliphatic carbocycles. The second-order valence-corrected chi connectivity index (χ2v) is 7.35. The minimum Gasteiger partial charge on any atom is -0.394 e. The lowest BCUT2D eigenvalue weighted by Gasteiger charge is -2.46. The normalized spacial score (nSPS) is 40.8. The van der Waals surface area contributed by atoms with Gasteiger partial charge in [0, 0.05) is 12.8 Å². The van der Waals surface area contributed by atoms with Crippen LogP contribution in [0.2, 0.25) is 0 Å². The van der Waals surface area contributed by atoms with Gasteiger partial charge in [-0.15, -0.1) is 0 Å². The van der Waals surface area contributed by atoms with E-state index in [1.54, 1.807) is 6.92 Å². The molecule has 30 heavy (non-hydrogen) atoms. The number of carbonyl (C=O) groups is 1. The molecule has 0 bridgehead atoms. The molecule has 0 saturated carbocycles. The highest BCUT2D eigenvalue weighted by Gasteiger charge is 2.49. The molecule has 2 heterocycles. The average Bonchev–Trinajstić information content (AvgIpc) is 2.69. The largest absolute Gasteiger partial charge is 0.394 e. The lowest BCUT2D eigenvalue weighted by Crippen LogP contribution is -2.67. The Kier molecular flexibility index (Phi) is 9.32. The number of aliphatic hydroxyl groups is 8. The second-order valence-electron chi connectivity index (χ2n) is 7.35. The predicted octanol–water partition coefficient (Wildman–Crippen LogP) is -4.46. The van der Waals surface area contributed by atoms with E-state index in [0.29, 0.717) is 11.3 Å². The summed E-state index contributed by atoms with van der Waals surface area (Å²) >= 11 is 0. The van der Waals surface area contributed by atoms with Gasteiger partial charge in [0.15, 0.2) is 12.6 Å². The average molecular weight is 441 g/mol. The number of hydrogen-bond donors (Lipinski definition) is 8. The second kappa shape index (κ2) is 11.1. The molecule has 0 aromatic rings. The van der Waals surface area contributed by atoms with Crippen LogP contribution in [0.1, 0.15) is 26.2 Å². The van der Waals surface area contributed by atoms with Crippen LogP contribution in [0, 0.1) is 0 Å². The first kappa shape index (κ1) is 25.3. The Balaban J connectivity index is 2.14. The summed E-state index contributed by atoms with van der Waals surface area (Å²) in [5.74, 6) is -0.739. The fraction of sp³-hybridized carbons (Fsp3) is 0.941. The summed E-state index contributed by atoms with van der Waals surface area (Å²) in [6.07, 6.45) is -14.0. The molecular formula is C17H31NO12. The molecular weight excluding hydrogens is 410 g/mol. The third-order valence-electron chi connectivity index (χ3n) is 5.14. The molecule has 2 rings (SSSR count). The molecule has 2 aliphatic heterocycles. The molecule has 10 atom stereocenters. The van der Waals surface area contributed by atoms with Gasteiger partial charge in [-0.3, -0.25) is 9.69 Å². The molecule has 2 saturated heterocycles. The van der Waals surface area contributed by atoms with Crippen molar-refractivity contribution in [3.05, 3.63) is 0 Å². The van der Waals surface area contributed by atoms with Crippen LogP contribution < -0.4 is 0 Å². The monoisotopic (exact) mass is 441 g/mol. The summed E-state index contributed by atoms with van der Waals surface area (Å²) < 4.78 is 15.3. The van der Waals surface area contributed by atoms with Crippen LogP contribution in [0.3, 0.4) is 0 Å². The fourth-order valence-corrected chi connectivity index (χ4v) is 3.49. The Bertz CT molecular complexity index is 553. The number of rotatable bonds is 8. The summed E-state index contributed by atoms with van der Waals surface area (Å²) in [6.45, 7) is 0.415. The first-order valence-corrected chi connectivity index (χ1v) is 9.73. The highest BCUT2D eigenvalue weighted by molar-refractivity contribution is 5.76. The van der Waals surface area contributed by atoms with Crippen molar-refractivity contribution in [1.82, 2.24) is 4.90 Å². The van der Waals surface area contributed by atoms with Gasteiger partial charge in [-0.2, -0.15) is 0 Å². The van der Waals surface area contributed by atoms with Crippen molar-refractivity contribution in [3.8, 4) is 0 Å². The van der Waals surface area contributed by atoms with E-state index in [1.165, 1.54) is 0 Å². The molecule has 176 valence electrons. The number of carbonyl (C=O) groups excluding carboxylic acids is 1. The molecule has 0 aromatic heterocycles. The van der Waals surface area contributed by atoms with Crippen LogP contribution in [0.5, 0.6) is 0 Å². The van der Waals surface area contributed by atoms with E-state index in [9.17, 15) is 45.6 Å². The van der Waals surface area contributed by atoms with Gasteiger partial charge < -0.3 is 55.1 Å². The van der Waals surface area contributed by atoms with E-state index in [4.69, 9.17) is 14.2 Å². The third-order valence-corrected chi connectivity index (χ3v) is 5.14. The number of aliphatic hydroxyl groups excluding tert-OH is 8. The van der Waals surface area contributed by atoms with Crippen LogP contribution in [-0.4, -0.2) is 127 Å². The predicted molar refractivity (Wildman–Crippen MR) is 95.0 cm³/mol. The summed E-state index contributed by atoms with van der Waals surface area (Å²) in [6, 6.07) is -1.63. The van der Waals surface area contributed by atoms with Gasteiger partial charge in [-0.25, -0.2) is 0 Å². The number of ether oxygens (including phenoxy) is 3. The molecule has 0 radical (unpaired) electrons. The molecule has 0 aromatic carbocycles. The Labute approximate surface area is 172 Å². The zero-order valence-corrected chi connectivity index (χ0v) is 16.5. The van der Waals surface area contributed by atoms with Crippen LogP contribution in [0.4, 0.5) is 0 Å². The van der Waals surface area contributed by atoms with Crippen LogP contribution in [0.25, 0.3) is 0 Å². The van der Waals surface area contributed by atoms with Crippen LogP contribution in [0.15, 0.2) is 0 Å². The van der Waals surface area contributed by atoms with Crippen molar-refractivity contribution in [2.45, 2.75) is 87.8 Å². The van der Waals surface area contributed by atoms with Gasteiger partial charge in [0.05, 0.1) is 19.3 Å². The lowest BCUT2D eigenvalue weighted by molar-refractivity contribution is -0.309. The molecule has 3 unspecified atom stereocenters. The molecule has 0 spiro atoms. The third kappa shape index (κ3) is 5.63. The zero-order chi connectivity index (χ0) is 22.6. The zero-order valence-electron chi connectivity index (χ0n) is 16.5. The fourth-order valence-electron chi connectivity index (χ4n) is 3.49. The summed E-state index contributed by atoms with van der Waals surface area (Å²) in [5, 5.41) is 79.5. The summed E-state index contributed by atoms with van der Waals surface area (Å²) in [4.78, 5) is 13.2. The smallest absolute Gasteiger partial charge is 0.240 e. The van der Waals surface area contributed by atoms with Crippen molar-refractivity contribution in [2.24, 2.45) is 0 Å². The quantitative estimate of drug-likeness (QED) is 0.168. The minimum absolute atomic E-state index is 0.101. The first-order chi connectivity index (χ1) is 14.1. The highest BCUT2D eigenvalue weighted by atomic mass is 16.7. The number of hydrogen-bond acceptors (Lipinski definition) is 12. The van der Waals surface area contributed by atoms with Crippen molar-refractivity contribution in [2.75, 3.05) is 13.2 Å². The van der Waals surface area contributed by atoms with Crippen molar-refractivity contribution < 1.29 is 59.9 Å². The van der Waals surface area contributed by atoms with E-state index < -0.39 is 80.8 Å². The summed E-state index contributed by atoms with van der Waals surface area (Å²) in [7, 11) is 0. The van der Waals surface area contributed by atoms with Crippen molar-refractivity contribution >= 4 is 5.91 Å². The Morgan fingerprint density at radius 2 is 1.73 bits per heavy atom. The van der Waals surface area contributed by atoms with E-state index in [0.717, 1.165) is 0 Å². The first-order valence-electron chi connectivity index (χ1n) is 9.73. The maximum absolute atomic E-state index is 12.6. The van der Waals surface area contributed by atoms with E-state index in [-0.39, 0.29) is 12.8 Å². The highest BCUT2D eigenvalue weighted by Crippen LogP contribution is 2.27. The van der Waals surface area contributed by atoms with E-state index in [2.05, 4.69) is 0 Å². The molecule has 13 nitrogen and oxygen atoms in total. The molecule has 2 aliphatic rings.